The van der Waals surface area contributed by atoms with Crippen molar-refractivity contribution in [3.63, 3.8) is 0 Å². The maximum atomic E-state index is 12.5. The molecule has 0 atom stereocenters. The molecule has 4 N–H and O–H groups in total. The number of nitrogens with one attached hydrogen (secondary N) is 1. The monoisotopic (exact) mass is 558 g/mol. The number of aromatic nitrogens is 3. The van der Waals surface area contributed by atoms with Crippen molar-refractivity contribution in [2.75, 3.05) is 17.6 Å². The summed E-state index contributed by atoms with van der Waals surface area (Å²) in [7, 11) is 0. The third-order valence-electron chi connectivity index (χ3n) is 7.35. The number of carbonyl (C=O) groups is 2. The lowest BCUT2D eigenvalue weighted by molar-refractivity contribution is -0.116. The van der Waals surface area contributed by atoms with Gasteiger partial charge in [-0.15, -0.1) is 0 Å². The first kappa shape index (κ1) is 29.8. The highest BCUT2D eigenvalue weighted by molar-refractivity contribution is 6.06. The minimum absolute atomic E-state index is 0.0411. The number of pyridine rings is 1. The van der Waals surface area contributed by atoms with Gasteiger partial charge in [0.05, 0.1) is 11.0 Å². The van der Waals surface area contributed by atoms with Gasteiger partial charge in [-0.2, -0.15) is 0 Å². The summed E-state index contributed by atoms with van der Waals surface area (Å²) in [6, 6.07) is 15.9. The highest BCUT2D eigenvalue weighted by Crippen LogP contribution is 2.30. The fourth-order valence-corrected chi connectivity index (χ4v) is 5.15. The van der Waals surface area contributed by atoms with Crippen LogP contribution in [0.15, 0.2) is 48.5 Å². The Morgan fingerprint density at radius 3 is 2.41 bits per heavy atom. The van der Waals surface area contributed by atoms with Gasteiger partial charge in [-0.25, -0.2) is 14.8 Å². The number of aryl methyl sites for hydroxylation is 1. The van der Waals surface area contributed by atoms with Gasteiger partial charge in [-0.1, -0.05) is 50.1 Å². The molecule has 0 radical (unpaired) electrons. The summed E-state index contributed by atoms with van der Waals surface area (Å²) in [4.78, 5) is 34.9. The molecule has 0 aliphatic rings. The maximum absolute atomic E-state index is 12.5. The number of imidazole rings is 1. The van der Waals surface area contributed by atoms with E-state index in [1.54, 1.807) is 0 Å². The number of carboxylic acid groups (broad SMARTS) is 1. The van der Waals surface area contributed by atoms with E-state index < -0.39 is 11.6 Å². The first-order chi connectivity index (χ1) is 19.6. The van der Waals surface area contributed by atoms with E-state index in [4.69, 9.17) is 10.7 Å². The van der Waals surface area contributed by atoms with E-state index in [9.17, 15) is 14.7 Å². The van der Waals surface area contributed by atoms with Gasteiger partial charge in [-0.05, 0) is 63.8 Å². The second kappa shape index (κ2) is 13.0. The zero-order chi connectivity index (χ0) is 29.6. The summed E-state index contributed by atoms with van der Waals surface area (Å²) in [5, 5.41) is 13.4. The summed E-state index contributed by atoms with van der Waals surface area (Å²) in [5.41, 5.74) is 10.4. The van der Waals surface area contributed by atoms with Crippen LogP contribution in [0.1, 0.15) is 77.6 Å². The first-order valence-electron chi connectivity index (χ1n) is 14.5. The molecule has 0 aliphatic carbocycles. The van der Waals surface area contributed by atoms with Crippen LogP contribution in [0, 0.1) is 0 Å². The van der Waals surface area contributed by atoms with Gasteiger partial charge < -0.3 is 25.6 Å². The minimum Gasteiger partial charge on any atom is -0.465 e. The molecule has 2 amide bonds. The van der Waals surface area contributed by atoms with Crippen molar-refractivity contribution in [3.8, 4) is 0 Å². The average Bonchev–Trinajstić information content (AvgIpc) is 3.28. The molecule has 4 aromatic rings. The van der Waals surface area contributed by atoms with E-state index in [2.05, 4.69) is 27.9 Å². The number of carbonyl (C=O) groups excluding carboxylic acids is 1. The summed E-state index contributed by atoms with van der Waals surface area (Å²) >= 11 is 0. The molecule has 2 aromatic carbocycles. The van der Waals surface area contributed by atoms with Crippen molar-refractivity contribution in [1.29, 1.82) is 0 Å². The van der Waals surface area contributed by atoms with Crippen LogP contribution in [-0.4, -0.2) is 48.6 Å². The van der Waals surface area contributed by atoms with E-state index in [-0.39, 0.29) is 5.91 Å². The molecule has 4 rings (SSSR count). The maximum Gasteiger partial charge on any atom is 0.407 e. The predicted molar refractivity (Wildman–Crippen MR) is 165 cm³/mol. The van der Waals surface area contributed by atoms with Crippen LogP contribution >= 0.6 is 0 Å². The molecule has 41 heavy (non-hydrogen) atoms. The zero-order valence-electron chi connectivity index (χ0n) is 24.6. The van der Waals surface area contributed by atoms with Crippen LogP contribution in [0.3, 0.4) is 0 Å². The van der Waals surface area contributed by atoms with E-state index in [0.717, 1.165) is 71.1 Å². The minimum atomic E-state index is -0.911. The van der Waals surface area contributed by atoms with Crippen molar-refractivity contribution in [2.24, 2.45) is 0 Å². The van der Waals surface area contributed by atoms with Crippen LogP contribution in [0.2, 0.25) is 0 Å². The Hall–Kier alpha value is -4.14. The largest absolute Gasteiger partial charge is 0.465 e. The molecule has 0 aliphatic heterocycles. The first-order valence-corrected chi connectivity index (χ1v) is 14.5. The Morgan fingerprint density at radius 2 is 1.73 bits per heavy atom. The molecule has 0 bridgehead atoms. The molecule has 9 nitrogen and oxygen atoms in total. The number of hydrogen-bond donors (Lipinski definition) is 3. The molecule has 0 unspecified atom stereocenters. The Balaban J connectivity index is 1.39. The Labute approximate surface area is 241 Å². The topological polar surface area (TPSA) is 126 Å². The molecule has 0 saturated heterocycles. The molecule has 0 fully saturated rings. The molecule has 9 heteroatoms. The third kappa shape index (κ3) is 7.34. The second-order valence-electron chi connectivity index (χ2n) is 11.6. The SMILES string of the molecule is CCCCc1nc2c(N)nc3ccccc3c2n1Cc1ccc(NC(=O)CCCCCN(C(=O)O)C(C)(C)C)cc1. The number of para-hydroxylation sites is 1. The number of benzene rings is 2. The number of nitrogen functional groups attached to an aromatic ring is 1. The van der Waals surface area contributed by atoms with Gasteiger partial charge in [0.15, 0.2) is 5.82 Å². The van der Waals surface area contributed by atoms with Crippen LogP contribution in [0.25, 0.3) is 21.9 Å². The lowest BCUT2D eigenvalue weighted by Gasteiger charge is -2.33. The summed E-state index contributed by atoms with van der Waals surface area (Å²) < 4.78 is 2.25. The quantitative estimate of drug-likeness (QED) is 0.164. The molecule has 2 heterocycles. The number of nitrogens with two attached hydrogens (primary N) is 1. The second-order valence-corrected chi connectivity index (χ2v) is 11.6. The highest BCUT2D eigenvalue weighted by Gasteiger charge is 2.25. The number of unbranched alkanes of at least 4 members (excludes halogenated alkanes) is 3. The molecule has 0 spiro atoms. The third-order valence-corrected chi connectivity index (χ3v) is 7.35. The Bertz CT molecular complexity index is 1500. The molecular weight excluding hydrogens is 516 g/mol. The van der Waals surface area contributed by atoms with Crippen LogP contribution in [0.4, 0.5) is 16.3 Å². The van der Waals surface area contributed by atoms with Gasteiger partial charge in [0.25, 0.3) is 0 Å². The van der Waals surface area contributed by atoms with Gasteiger partial charge in [-0.3, -0.25) is 4.79 Å². The van der Waals surface area contributed by atoms with Gasteiger partial charge in [0.2, 0.25) is 5.91 Å². The number of fused-ring (bicyclic) bond motifs is 3. The number of nitrogens with zero attached hydrogens (tertiary/aromatic N) is 4. The van der Waals surface area contributed by atoms with E-state index in [0.29, 0.717) is 31.7 Å². The fourth-order valence-electron chi connectivity index (χ4n) is 5.15. The van der Waals surface area contributed by atoms with E-state index >= 15 is 0 Å². The van der Waals surface area contributed by atoms with Crippen LogP contribution in [0.5, 0.6) is 0 Å². The zero-order valence-corrected chi connectivity index (χ0v) is 24.6. The lowest BCUT2D eigenvalue weighted by Crippen LogP contribution is -2.45. The summed E-state index contributed by atoms with van der Waals surface area (Å²) in [6.45, 7) is 8.94. The highest BCUT2D eigenvalue weighted by atomic mass is 16.4. The van der Waals surface area contributed by atoms with Gasteiger partial charge in [0.1, 0.15) is 11.3 Å². The van der Waals surface area contributed by atoms with Crippen molar-refractivity contribution in [2.45, 2.75) is 84.7 Å². The molecule has 0 saturated carbocycles. The summed E-state index contributed by atoms with van der Waals surface area (Å²) in [6.07, 6.45) is 4.68. The number of hydrogen-bond acceptors (Lipinski definition) is 5. The standard InChI is InChI=1S/C32H42N6O3/c1-5-6-14-26-36-28-29(24-12-9-10-13-25(24)35-30(28)33)37(26)21-22-16-18-23(19-17-22)34-27(39)15-8-7-11-20-38(31(40)41)32(2,3)4/h9-10,12-13,16-19H,5-8,11,14-15,20-21H2,1-4H3,(H2,33,35)(H,34,39)(H,40,41). The van der Waals surface area contributed by atoms with E-state index in [1.807, 2.05) is 63.2 Å². The van der Waals surface area contributed by atoms with Crippen LogP contribution < -0.4 is 11.1 Å². The van der Waals surface area contributed by atoms with E-state index in [1.165, 1.54) is 4.90 Å². The molecule has 218 valence electrons. The van der Waals surface area contributed by atoms with Crippen molar-refractivity contribution in [3.05, 3.63) is 59.9 Å². The molecule has 2 aromatic heterocycles. The van der Waals surface area contributed by atoms with Crippen molar-refractivity contribution >= 4 is 45.4 Å². The Kier molecular flexibility index (Phi) is 9.47. The average molecular weight is 559 g/mol. The smallest absolute Gasteiger partial charge is 0.407 e. The van der Waals surface area contributed by atoms with Gasteiger partial charge >= 0.3 is 6.09 Å². The van der Waals surface area contributed by atoms with Crippen molar-refractivity contribution < 1.29 is 14.7 Å². The lowest BCUT2D eigenvalue weighted by atomic mass is 10.1. The normalized spacial score (nSPS) is 11.7. The predicted octanol–water partition coefficient (Wildman–Crippen LogP) is 6.84. The number of amides is 2. The summed E-state index contributed by atoms with van der Waals surface area (Å²) in [5.74, 6) is 1.40. The fraction of sp³-hybridized carbons (Fsp3) is 0.438. The number of rotatable bonds is 12. The Morgan fingerprint density at radius 1 is 1.00 bits per heavy atom. The number of anilines is 2. The molecular formula is C32H42N6O3. The van der Waals surface area contributed by atoms with Crippen LogP contribution in [-0.2, 0) is 17.8 Å². The van der Waals surface area contributed by atoms with Crippen molar-refractivity contribution in [1.82, 2.24) is 19.4 Å². The van der Waals surface area contributed by atoms with Gasteiger partial charge in [0, 0.05) is 42.5 Å².